The topological polar surface area (TPSA) is 55.9 Å². The average molecular weight is 511 g/mol. The highest BCUT2D eigenvalue weighted by molar-refractivity contribution is 5.82. The van der Waals surface area contributed by atoms with Crippen molar-refractivity contribution in [3.8, 4) is 0 Å². The number of fused-ring (bicyclic) bond motifs is 2. The van der Waals surface area contributed by atoms with Crippen LogP contribution in [0.25, 0.3) is 0 Å². The molecule has 206 valence electrons. The van der Waals surface area contributed by atoms with E-state index in [0.29, 0.717) is 24.0 Å². The first-order chi connectivity index (χ1) is 17.5. The molecule has 0 radical (unpaired) electrons. The summed E-state index contributed by atoms with van der Waals surface area (Å²) in [6.07, 6.45) is 8.92. The Morgan fingerprint density at radius 3 is 2.38 bits per heavy atom. The Kier molecular flexibility index (Phi) is 8.27. The Morgan fingerprint density at radius 2 is 1.76 bits per heavy atom. The molecule has 6 nitrogen and oxygen atoms in total. The molecule has 1 N–H and O–H groups in total. The van der Waals surface area contributed by atoms with Crippen LogP contribution in [0.15, 0.2) is 24.3 Å². The van der Waals surface area contributed by atoms with Crippen molar-refractivity contribution in [2.45, 2.75) is 116 Å². The molecule has 4 rings (SSSR count). The Hall–Kier alpha value is -2.08. The van der Waals surface area contributed by atoms with Crippen molar-refractivity contribution in [1.29, 1.82) is 0 Å². The number of likely N-dealkylation sites (tertiary alicyclic amines) is 2. The van der Waals surface area contributed by atoms with Gasteiger partial charge < -0.3 is 20.0 Å². The van der Waals surface area contributed by atoms with E-state index >= 15 is 0 Å². The van der Waals surface area contributed by atoms with Crippen molar-refractivity contribution in [2.75, 3.05) is 27.2 Å². The fourth-order valence-corrected chi connectivity index (χ4v) is 7.20. The van der Waals surface area contributed by atoms with E-state index in [4.69, 9.17) is 0 Å². The number of hydrogen-bond donors (Lipinski definition) is 1. The number of hydrogen-bond acceptors (Lipinski definition) is 3. The smallest absolute Gasteiger partial charge is 0.317 e. The van der Waals surface area contributed by atoms with Gasteiger partial charge in [0.1, 0.15) is 0 Å². The Labute approximate surface area is 225 Å². The quantitative estimate of drug-likeness (QED) is 0.551. The van der Waals surface area contributed by atoms with Gasteiger partial charge in [-0.2, -0.15) is 0 Å². The number of carbonyl (C=O) groups is 2. The molecule has 3 amide bonds. The summed E-state index contributed by atoms with van der Waals surface area (Å²) in [5.74, 6) is 0.310. The van der Waals surface area contributed by atoms with Crippen LogP contribution < -0.4 is 5.32 Å². The number of amides is 3. The third-order valence-corrected chi connectivity index (χ3v) is 9.47. The van der Waals surface area contributed by atoms with Gasteiger partial charge in [-0.3, -0.25) is 4.79 Å². The molecule has 3 unspecified atom stereocenters. The predicted molar refractivity (Wildman–Crippen MR) is 151 cm³/mol. The van der Waals surface area contributed by atoms with Gasteiger partial charge in [-0.15, -0.1) is 0 Å². The van der Waals surface area contributed by atoms with Crippen LogP contribution in [0.2, 0.25) is 0 Å². The molecule has 2 aliphatic heterocycles. The van der Waals surface area contributed by atoms with E-state index in [0.717, 1.165) is 51.6 Å². The number of nitrogens with zero attached hydrogens (tertiary/aromatic N) is 3. The summed E-state index contributed by atoms with van der Waals surface area (Å²) in [6, 6.07) is 10.1. The average Bonchev–Trinajstić information content (AvgIpc) is 3.23. The predicted octanol–water partition coefficient (Wildman–Crippen LogP) is 5.72. The minimum atomic E-state index is -0.325. The normalized spacial score (nSPS) is 26.6. The van der Waals surface area contributed by atoms with Crippen LogP contribution in [0.5, 0.6) is 0 Å². The number of rotatable bonds is 5. The third-order valence-electron chi connectivity index (χ3n) is 9.47. The van der Waals surface area contributed by atoms with Crippen LogP contribution in [0.3, 0.4) is 0 Å². The molecule has 1 aliphatic carbocycles. The van der Waals surface area contributed by atoms with E-state index in [2.05, 4.69) is 74.0 Å². The molecule has 1 aromatic carbocycles. The lowest BCUT2D eigenvalue weighted by Crippen LogP contribution is -2.52. The van der Waals surface area contributed by atoms with Gasteiger partial charge in [0.25, 0.3) is 0 Å². The number of piperidine rings is 1. The fourth-order valence-electron chi connectivity index (χ4n) is 7.20. The highest BCUT2D eigenvalue weighted by atomic mass is 16.2. The molecular formula is C31H50N4O2. The van der Waals surface area contributed by atoms with E-state index in [9.17, 15) is 9.59 Å². The van der Waals surface area contributed by atoms with Gasteiger partial charge in [-0.25, -0.2) is 4.79 Å². The Balaban J connectivity index is 1.44. The standard InChI is InChI=1S/C31H50N4O2/c1-8-23(21-24-14-13-22(2)35(24)28(36)30(3,4)5)34-19-17-31(18-20-34)16-15-27(32-29(37)33(6)7)25-11-9-10-12-26(25)31/h9-12,22-24,27H,8,13-21H2,1-7H3,(H,32,37)/t22?,23?,24?,27-/m1/s1. The van der Waals surface area contributed by atoms with Crippen LogP contribution in [-0.4, -0.2) is 71.9 Å². The van der Waals surface area contributed by atoms with Gasteiger partial charge in [0.05, 0.1) is 6.04 Å². The summed E-state index contributed by atoms with van der Waals surface area (Å²) >= 11 is 0. The fraction of sp³-hybridized carbons (Fsp3) is 0.742. The van der Waals surface area contributed by atoms with Gasteiger partial charge in [0, 0.05) is 37.6 Å². The van der Waals surface area contributed by atoms with Crippen LogP contribution in [0, 0.1) is 5.41 Å². The molecule has 2 fully saturated rings. The molecule has 0 bridgehead atoms. The second-order valence-corrected chi connectivity index (χ2v) is 13.2. The van der Waals surface area contributed by atoms with Crippen molar-refractivity contribution in [3.63, 3.8) is 0 Å². The third kappa shape index (κ3) is 5.69. The van der Waals surface area contributed by atoms with Crippen molar-refractivity contribution in [1.82, 2.24) is 20.0 Å². The SMILES string of the molecule is CCC(CC1CCC(C)N1C(=O)C(C)(C)C)N1CCC2(CC[C@@H](NC(=O)N(C)C)c3ccccc32)CC1. The lowest BCUT2D eigenvalue weighted by molar-refractivity contribution is -0.142. The van der Waals surface area contributed by atoms with Gasteiger partial charge >= 0.3 is 6.03 Å². The zero-order valence-electron chi connectivity index (χ0n) is 24.3. The maximum Gasteiger partial charge on any atom is 0.317 e. The van der Waals surface area contributed by atoms with Crippen molar-refractivity contribution >= 4 is 11.9 Å². The van der Waals surface area contributed by atoms with Crippen molar-refractivity contribution in [3.05, 3.63) is 35.4 Å². The van der Waals surface area contributed by atoms with Gasteiger partial charge in [-0.05, 0) is 87.9 Å². The zero-order chi connectivity index (χ0) is 27.0. The molecule has 1 spiro atoms. The minimum absolute atomic E-state index is 0.0171. The molecule has 1 aromatic rings. The van der Waals surface area contributed by atoms with Gasteiger partial charge in [0.2, 0.25) is 5.91 Å². The molecule has 2 heterocycles. The largest absolute Gasteiger partial charge is 0.336 e. The maximum absolute atomic E-state index is 13.3. The molecule has 0 aromatic heterocycles. The van der Waals surface area contributed by atoms with Crippen LogP contribution in [-0.2, 0) is 10.2 Å². The van der Waals surface area contributed by atoms with Crippen LogP contribution in [0.4, 0.5) is 4.79 Å². The molecule has 6 heteroatoms. The van der Waals surface area contributed by atoms with E-state index in [1.165, 1.54) is 24.0 Å². The molecule has 37 heavy (non-hydrogen) atoms. The summed E-state index contributed by atoms with van der Waals surface area (Å²) in [7, 11) is 3.60. The summed E-state index contributed by atoms with van der Waals surface area (Å²) in [5, 5.41) is 3.24. The maximum atomic E-state index is 13.3. The van der Waals surface area contributed by atoms with Gasteiger partial charge in [0.15, 0.2) is 0 Å². The molecule has 3 aliphatic rings. The van der Waals surface area contributed by atoms with Crippen molar-refractivity contribution in [2.24, 2.45) is 5.41 Å². The van der Waals surface area contributed by atoms with E-state index in [1.807, 2.05) is 0 Å². The van der Waals surface area contributed by atoms with Gasteiger partial charge in [-0.1, -0.05) is 52.0 Å². The van der Waals surface area contributed by atoms with Crippen LogP contribution >= 0.6 is 0 Å². The lowest BCUT2D eigenvalue weighted by atomic mass is 9.63. The zero-order valence-corrected chi connectivity index (χ0v) is 24.3. The monoisotopic (exact) mass is 510 g/mol. The number of carbonyl (C=O) groups excluding carboxylic acids is 2. The van der Waals surface area contributed by atoms with E-state index in [1.54, 1.807) is 19.0 Å². The summed E-state index contributed by atoms with van der Waals surface area (Å²) < 4.78 is 0. The highest BCUT2D eigenvalue weighted by Crippen LogP contribution is 2.48. The molecular weight excluding hydrogens is 460 g/mol. The first-order valence-corrected chi connectivity index (χ1v) is 14.6. The number of nitrogens with one attached hydrogen (secondary N) is 1. The Bertz CT molecular complexity index is 960. The summed E-state index contributed by atoms with van der Waals surface area (Å²) in [6.45, 7) is 12.9. The lowest BCUT2D eigenvalue weighted by Gasteiger charge is -2.49. The van der Waals surface area contributed by atoms with Crippen molar-refractivity contribution < 1.29 is 9.59 Å². The van der Waals surface area contributed by atoms with Crippen LogP contribution in [0.1, 0.15) is 103 Å². The molecule has 0 saturated carbocycles. The molecule has 2 saturated heterocycles. The van der Waals surface area contributed by atoms with E-state index < -0.39 is 0 Å². The molecule has 4 atom stereocenters. The Morgan fingerprint density at radius 1 is 1.08 bits per heavy atom. The highest BCUT2D eigenvalue weighted by Gasteiger charge is 2.44. The minimum Gasteiger partial charge on any atom is -0.336 e. The first kappa shape index (κ1) is 27.9. The first-order valence-electron chi connectivity index (χ1n) is 14.6. The second-order valence-electron chi connectivity index (χ2n) is 13.2. The summed E-state index contributed by atoms with van der Waals surface area (Å²) in [5.41, 5.74) is 2.64. The number of urea groups is 1. The summed E-state index contributed by atoms with van der Waals surface area (Å²) in [4.78, 5) is 32.2. The number of benzene rings is 1. The van der Waals surface area contributed by atoms with E-state index in [-0.39, 0.29) is 22.9 Å². The second kappa shape index (κ2) is 11.0.